The fourth-order valence-corrected chi connectivity index (χ4v) is 5.85. The average molecular weight is 588 g/mol. The van der Waals surface area contributed by atoms with E-state index in [0.717, 1.165) is 111 Å². The zero-order chi connectivity index (χ0) is 29.1. The van der Waals surface area contributed by atoms with Crippen molar-refractivity contribution in [3.8, 4) is 0 Å². The lowest BCUT2D eigenvalue weighted by Crippen LogP contribution is -2.22. The monoisotopic (exact) mass is 587 g/mol. The van der Waals surface area contributed by atoms with Gasteiger partial charge in [0.1, 0.15) is 0 Å². The summed E-state index contributed by atoms with van der Waals surface area (Å²) >= 11 is 0. The van der Waals surface area contributed by atoms with E-state index in [9.17, 15) is 0 Å². The number of hydrogen-bond donors (Lipinski definition) is 0. The van der Waals surface area contributed by atoms with E-state index >= 15 is 0 Å². The summed E-state index contributed by atoms with van der Waals surface area (Å²) in [6.45, 7) is 3.91. The van der Waals surface area contributed by atoms with Crippen LogP contribution in [0.5, 0.6) is 0 Å². The Morgan fingerprint density at radius 1 is 0.488 bits per heavy atom. The van der Waals surface area contributed by atoms with Crippen LogP contribution >= 0.6 is 0 Å². The zero-order valence-electron chi connectivity index (χ0n) is 25.2. The smallest absolute Gasteiger partial charge is 0.158 e. The van der Waals surface area contributed by atoms with Gasteiger partial charge in [0.05, 0.1) is 19.8 Å². The first-order valence-corrected chi connectivity index (χ1v) is 16.1. The van der Waals surface area contributed by atoms with E-state index in [-0.39, 0.29) is 18.9 Å². The summed E-state index contributed by atoms with van der Waals surface area (Å²) in [5, 5.41) is 0. The molecular weight excluding hydrogens is 542 g/mol. The molecule has 3 aromatic rings. The molecule has 0 spiro atoms. The normalized spacial score (nSPS) is 22.7. The van der Waals surface area contributed by atoms with Crippen LogP contribution in [0.4, 0.5) is 17.1 Å². The number of anilines is 3. The Kier molecular flexibility index (Phi) is 11.1. The Hall–Kier alpha value is -2.78. The second-order valence-electron chi connectivity index (χ2n) is 11.7. The second kappa shape index (κ2) is 15.8. The first-order valence-electron chi connectivity index (χ1n) is 16.1. The molecule has 7 heteroatoms. The summed E-state index contributed by atoms with van der Waals surface area (Å²) in [5.74, 6) is 0. The predicted octanol–water partition coefficient (Wildman–Crippen LogP) is 8.29. The molecule has 43 heavy (non-hydrogen) atoms. The molecule has 0 N–H and O–H groups in total. The van der Waals surface area contributed by atoms with Gasteiger partial charge in [0.25, 0.3) is 0 Å². The van der Waals surface area contributed by atoms with Crippen molar-refractivity contribution in [2.45, 2.75) is 96.5 Å². The maximum Gasteiger partial charge on any atom is 0.158 e. The highest BCUT2D eigenvalue weighted by Gasteiger charge is 2.19. The van der Waals surface area contributed by atoms with Crippen molar-refractivity contribution in [3.05, 3.63) is 89.5 Å². The van der Waals surface area contributed by atoms with Crippen molar-refractivity contribution in [1.29, 1.82) is 0 Å². The molecule has 0 aliphatic carbocycles. The van der Waals surface area contributed by atoms with Gasteiger partial charge in [-0.1, -0.05) is 36.4 Å². The van der Waals surface area contributed by atoms with Crippen LogP contribution in [0.3, 0.4) is 0 Å². The third-order valence-electron chi connectivity index (χ3n) is 8.25. The quantitative estimate of drug-likeness (QED) is 0.211. The molecular formula is C36H45NO6. The molecule has 0 aromatic heterocycles. The van der Waals surface area contributed by atoms with Gasteiger partial charge in [-0.25, -0.2) is 0 Å². The van der Waals surface area contributed by atoms with Crippen molar-refractivity contribution < 1.29 is 28.4 Å². The van der Waals surface area contributed by atoms with Crippen LogP contribution in [0.2, 0.25) is 0 Å². The SMILES string of the molecule is c1cc(COC2CCCCO2)cc(N(c2ccc(COC3CCCCO3)cc2)c2cccc(COC3CCCCO3)c2)c1. The highest BCUT2D eigenvalue weighted by atomic mass is 16.7. The first kappa shape index (κ1) is 30.3. The van der Waals surface area contributed by atoms with Crippen LogP contribution in [-0.2, 0) is 48.2 Å². The largest absolute Gasteiger partial charge is 0.353 e. The van der Waals surface area contributed by atoms with E-state index in [0.29, 0.717) is 19.8 Å². The van der Waals surface area contributed by atoms with Crippen molar-refractivity contribution in [3.63, 3.8) is 0 Å². The van der Waals surface area contributed by atoms with Gasteiger partial charge in [-0.2, -0.15) is 0 Å². The molecule has 3 fully saturated rings. The Morgan fingerprint density at radius 2 is 0.930 bits per heavy atom. The Bertz CT molecular complexity index is 1180. The molecule has 7 nitrogen and oxygen atoms in total. The molecule has 3 unspecified atom stereocenters. The van der Waals surface area contributed by atoms with Crippen molar-refractivity contribution in [1.82, 2.24) is 0 Å². The van der Waals surface area contributed by atoms with Gasteiger partial charge in [0.2, 0.25) is 0 Å². The Morgan fingerprint density at radius 3 is 1.35 bits per heavy atom. The number of benzene rings is 3. The molecule has 0 radical (unpaired) electrons. The van der Waals surface area contributed by atoms with Crippen molar-refractivity contribution in [2.75, 3.05) is 24.7 Å². The lowest BCUT2D eigenvalue weighted by atomic mass is 10.1. The number of rotatable bonds is 12. The first-order chi connectivity index (χ1) is 21.3. The molecule has 230 valence electrons. The third-order valence-corrected chi connectivity index (χ3v) is 8.25. The van der Waals surface area contributed by atoms with Crippen LogP contribution in [0, 0.1) is 0 Å². The molecule has 0 amide bonds. The molecule has 3 aromatic carbocycles. The van der Waals surface area contributed by atoms with Crippen LogP contribution in [0.25, 0.3) is 0 Å². The number of nitrogens with zero attached hydrogens (tertiary/aromatic N) is 1. The van der Waals surface area contributed by atoms with Gasteiger partial charge in [-0.15, -0.1) is 0 Å². The van der Waals surface area contributed by atoms with Crippen molar-refractivity contribution >= 4 is 17.1 Å². The molecule has 3 aliphatic heterocycles. The predicted molar refractivity (Wildman–Crippen MR) is 166 cm³/mol. The van der Waals surface area contributed by atoms with E-state index in [4.69, 9.17) is 28.4 Å². The van der Waals surface area contributed by atoms with Crippen LogP contribution in [0.15, 0.2) is 72.8 Å². The summed E-state index contributed by atoms with van der Waals surface area (Å²) in [7, 11) is 0. The lowest BCUT2D eigenvalue weighted by molar-refractivity contribution is -0.169. The number of ether oxygens (including phenoxy) is 6. The molecule has 3 atom stereocenters. The Balaban J connectivity index is 1.21. The van der Waals surface area contributed by atoms with Crippen molar-refractivity contribution in [2.24, 2.45) is 0 Å². The molecule has 3 heterocycles. The second-order valence-corrected chi connectivity index (χ2v) is 11.7. The highest BCUT2D eigenvalue weighted by molar-refractivity contribution is 5.77. The van der Waals surface area contributed by atoms with Gasteiger partial charge < -0.3 is 33.3 Å². The third kappa shape index (κ3) is 8.88. The van der Waals surface area contributed by atoms with Gasteiger partial charge in [-0.05, 0) is 111 Å². The molecule has 3 saturated heterocycles. The standard InChI is InChI=1S/C36H45NO6/c1-4-20-38-34(13-1)41-25-28-16-18-31(19-17-28)37(32-11-7-9-29(23-32)26-42-35-14-2-5-21-39-35)33-12-8-10-30(24-33)27-43-36-15-3-6-22-40-36/h7-12,16-19,23-24,34-36H,1-6,13-15,20-22,25-27H2. The summed E-state index contributed by atoms with van der Waals surface area (Å²) in [6, 6.07) is 25.8. The molecule has 3 aliphatic rings. The number of hydrogen-bond acceptors (Lipinski definition) is 7. The topological polar surface area (TPSA) is 58.6 Å². The lowest BCUT2D eigenvalue weighted by Gasteiger charge is -2.27. The summed E-state index contributed by atoms with van der Waals surface area (Å²) < 4.78 is 35.6. The van der Waals surface area contributed by atoms with Crippen LogP contribution in [-0.4, -0.2) is 38.7 Å². The fourth-order valence-electron chi connectivity index (χ4n) is 5.85. The van der Waals surface area contributed by atoms with Gasteiger partial charge >= 0.3 is 0 Å². The summed E-state index contributed by atoms with van der Waals surface area (Å²) in [5.41, 5.74) is 6.56. The van der Waals surface area contributed by atoms with Crippen LogP contribution in [0.1, 0.15) is 74.5 Å². The van der Waals surface area contributed by atoms with Gasteiger partial charge in [0, 0.05) is 36.9 Å². The van der Waals surface area contributed by atoms with E-state index < -0.39 is 0 Å². The van der Waals surface area contributed by atoms with E-state index in [1.807, 2.05) is 0 Å². The summed E-state index contributed by atoms with van der Waals surface area (Å²) in [6.07, 6.45) is 9.35. The zero-order valence-corrected chi connectivity index (χ0v) is 25.2. The van der Waals surface area contributed by atoms with E-state index in [1.54, 1.807) is 0 Å². The highest BCUT2D eigenvalue weighted by Crippen LogP contribution is 2.36. The maximum atomic E-state index is 6.12. The minimum absolute atomic E-state index is 0.0992. The summed E-state index contributed by atoms with van der Waals surface area (Å²) in [4.78, 5) is 2.29. The maximum absolute atomic E-state index is 6.12. The van der Waals surface area contributed by atoms with Crippen LogP contribution < -0.4 is 4.90 Å². The Labute approximate surface area is 256 Å². The van der Waals surface area contributed by atoms with E-state index in [1.165, 1.54) is 0 Å². The molecule has 6 rings (SSSR count). The van der Waals surface area contributed by atoms with Gasteiger partial charge in [0.15, 0.2) is 18.9 Å². The van der Waals surface area contributed by atoms with Gasteiger partial charge in [-0.3, -0.25) is 0 Å². The molecule has 0 saturated carbocycles. The molecule has 0 bridgehead atoms. The minimum Gasteiger partial charge on any atom is -0.353 e. The fraction of sp³-hybridized carbons (Fsp3) is 0.500. The minimum atomic E-state index is -0.118. The average Bonchev–Trinajstić information content (AvgIpc) is 3.08. The van der Waals surface area contributed by atoms with E-state index in [2.05, 4.69) is 77.7 Å².